The van der Waals surface area contributed by atoms with Crippen LogP contribution in [0.1, 0.15) is 21.7 Å². The maximum Gasteiger partial charge on any atom is 0.289 e. The predicted molar refractivity (Wildman–Crippen MR) is 93.2 cm³/mol. The largest absolute Gasteiger partial charge is 0.493 e. The summed E-state index contributed by atoms with van der Waals surface area (Å²) in [4.78, 5) is 12.5. The summed E-state index contributed by atoms with van der Waals surface area (Å²) >= 11 is 3.39. The second-order valence-corrected chi connectivity index (χ2v) is 5.91. The lowest BCUT2D eigenvalue weighted by Crippen LogP contribution is -2.15. The van der Waals surface area contributed by atoms with Crippen LogP contribution in [0, 0.1) is 25.2 Å². The molecule has 0 unspecified atom stereocenters. The first-order valence-corrected chi connectivity index (χ1v) is 7.81. The van der Waals surface area contributed by atoms with E-state index in [1.165, 1.54) is 25.0 Å². The molecule has 0 aliphatic rings. The van der Waals surface area contributed by atoms with E-state index in [4.69, 9.17) is 9.47 Å². The van der Waals surface area contributed by atoms with Crippen molar-refractivity contribution in [2.45, 2.75) is 13.8 Å². The molecular formula is C17H16BrN3O3. The van der Waals surface area contributed by atoms with Crippen LogP contribution in [0.15, 0.2) is 28.2 Å². The van der Waals surface area contributed by atoms with Crippen molar-refractivity contribution in [1.29, 1.82) is 5.26 Å². The van der Waals surface area contributed by atoms with Gasteiger partial charge in [-0.05, 0) is 59.6 Å². The summed E-state index contributed by atoms with van der Waals surface area (Å²) < 4.78 is 12.4. The highest BCUT2D eigenvalue weighted by atomic mass is 79.9. The zero-order valence-corrected chi connectivity index (χ0v) is 15.3. The summed E-state index contributed by atoms with van der Waals surface area (Å²) in [7, 11) is 3.05. The van der Waals surface area contributed by atoms with Gasteiger partial charge in [0, 0.05) is 5.69 Å². The lowest BCUT2D eigenvalue weighted by molar-refractivity contribution is 0.0943. The van der Waals surface area contributed by atoms with Crippen LogP contribution in [0.4, 0.5) is 0 Å². The number of hydrogen-bond donors (Lipinski definition) is 0. The molecule has 0 radical (unpaired) electrons. The van der Waals surface area contributed by atoms with Crippen molar-refractivity contribution in [2.75, 3.05) is 14.2 Å². The highest BCUT2D eigenvalue weighted by Crippen LogP contribution is 2.36. The highest BCUT2D eigenvalue weighted by molar-refractivity contribution is 9.10. The summed E-state index contributed by atoms with van der Waals surface area (Å²) in [6.45, 7) is 3.55. The van der Waals surface area contributed by atoms with E-state index in [-0.39, 0.29) is 5.57 Å². The third-order valence-electron chi connectivity index (χ3n) is 3.32. The molecule has 0 atom stereocenters. The third kappa shape index (κ3) is 3.49. The number of methoxy groups -OCH3 is 2. The number of ether oxygens (including phenoxy) is 2. The van der Waals surface area contributed by atoms with Gasteiger partial charge in [0.05, 0.1) is 24.4 Å². The van der Waals surface area contributed by atoms with Crippen molar-refractivity contribution in [3.8, 4) is 17.6 Å². The molecule has 2 rings (SSSR count). The molecule has 24 heavy (non-hydrogen) atoms. The Hall–Kier alpha value is -2.59. The van der Waals surface area contributed by atoms with E-state index in [9.17, 15) is 10.1 Å². The average molecular weight is 390 g/mol. The fraction of sp³-hybridized carbons (Fsp3) is 0.235. The van der Waals surface area contributed by atoms with Crippen LogP contribution in [0.5, 0.6) is 11.5 Å². The lowest BCUT2D eigenvalue weighted by Gasteiger charge is -2.10. The number of aromatic nitrogens is 2. The van der Waals surface area contributed by atoms with Crippen LogP contribution in [0.2, 0.25) is 0 Å². The fourth-order valence-electron chi connectivity index (χ4n) is 2.28. The Balaban J connectivity index is 2.48. The molecule has 0 fully saturated rings. The minimum Gasteiger partial charge on any atom is -0.493 e. The van der Waals surface area contributed by atoms with Crippen LogP contribution in [-0.4, -0.2) is 29.9 Å². The Labute approximate surface area is 148 Å². The smallest absolute Gasteiger partial charge is 0.289 e. The van der Waals surface area contributed by atoms with Gasteiger partial charge in [-0.25, -0.2) is 4.68 Å². The van der Waals surface area contributed by atoms with Gasteiger partial charge >= 0.3 is 0 Å². The van der Waals surface area contributed by atoms with E-state index in [1.54, 1.807) is 32.0 Å². The molecule has 0 saturated carbocycles. The first kappa shape index (κ1) is 17.8. The van der Waals surface area contributed by atoms with Crippen LogP contribution in [-0.2, 0) is 0 Å². The topological polar surface area (TPSA) is 77.1 Å². The molecular weight excluding hydrogens is 374 g/mol. The molecule has 0 bridgehead atoms. The lowest BCUT2D eigenvalue weighted by atomic mass is 10.1. The zero-order chi connectivity index (χ0) is 17.9. The van der Waals surface area contributed by atoms with Gasteiger partial charge < -0.3 is 9.47 Å². The molecule has 1 heterocycles. The second kappa shape index (κ2) is 7.32. The van der Waals surface area contributed by atoms with Crippen LogP contribution >= 0.6 is 15.9 Å². The first-order chi connectivity index (χ1) is 11.4. The maximum absolute atomic E-state index is 12.5. The number of halogens is 1. The number of aryl methyl sites for hydroxylation is 2. The molecule has 0 amide bonds. The van der Waals surface area contributed by atoms with Crippen molar-refractivity contribution in [3.05, 3.63) is 45.2 Å². The van der Waals surface area contributed by atoms with Crippen molar-refractivity contribution in [1.82, 2.24) is 9.78 Å². The number of nitriles is 1. The molecule has 1 aromatic heterocycles. The monoisotopic (exact) mass is 389 g/mol. The average Bonchev–Trinajstić information content (AvgIpc) is 2.89. The van der Waals surface area contributed by atoms with Crippen molar-refractivity contribution in [3.63, 3.8) is 0 Å². The first-order valence-electron chi connectivity index (χ1n) is 7.02. The Bertz CT molecular complexity index is 863. The molecule has 0 spiro atoms. The second-order valence-electron chi connectivity index (χ2n) is 5.05. The van der Waals surface area contributed by atoms with Crippen molar-refractivity contribution >= 4 is 27.9 Å². The number of allylic oxidation sites excluding steroid dienone is 1. The quantitative estimate of drug-likeness (QED) is 0.590. The van der Waals surface area contributed by atoms with Crippen LogP contribution in [0.25, 0.3) is 6.08 Å². The molecule has 0 aliphatic heterocycles. The summed E-state index contributed by atoms with van der Waals surface area (Å²) in [5.41, 5.74) is 1.99. The number of nitrogens with zero attached hydrogens (tertiary/aromatic N) is 3. The number of carbonyl (C=O) groups excluding carboxylic acids is 1. The maximum atomic E-state index is 12.5. The number of carbonyl (C=O) groups is 1. The summed E-state index contributed by atoms with van der Waals surface area (Å²) in [6, 6.07) is 7.14. The van der Waals surface area contributed by atoms with Crippen LogP contribution < -0.4 is 9.47 Å². The third-order valence-corrected chi connectivity index (χ3v) is 3.91. The molecule has 1 aromatic carbocycles. The minimum absolute atomic E-state index is 0.0275. The molecule has 7 heteroatoms. The van der Waals surface area contributed by atoms with E-state index >= 15 is 0 Å². The Morgan fingerprint density at radius 1 is 1.29 bits per heavy atom. The van der Waals surface area contributed by atoms with E-state index in [1.807, 2.05) is 6.07 Å². The van der Waals surface area contributed by atoms with Crippen molar-refractivity contribution in [2.24, 2.45) is 0 Å². The SMILES string of the molecule is COc1cc(/C=C(\C#N)C(=O)n2nc(C)cc2C)cc(Br)c1OC. The summed E-state index contributed by atoms with van der Waals surface area (Å²) in [5, 5.41) is 13.5. The van der Waals surface area contributed by atoms with E-state index in [0.29, 0.717) is 32.9 Å². The Morgan fingerprint density at radius 2 is 2.00 bits per heavy atom. The minimum atomic E-state index is -0.478. The number of benzene rings is 1. The predicted octanol–water partition coefficient (Wildman–Crippen LogP) is 3.53. The van der Waals surface area contributed by atoms with Crippen LogP contribution in [0.3, 0.4) is 0 Å². The summed E-state index contributed by atoms with van der Waals surface area (Å²) in [5.74, 6) is 0.556. The van der Waals surface area contributed by atoms with Gasteiger partial charge in [0.25, 0.3) is 5.91 Å². The number of hydrogen-bond acceptors (Lipinski definition) is 5. The summed E-state index contributed by atoms with van der Waals surface area (Å²) in [6.07, 6.45) is 1.49. The van der Waals surface area contributed by atoms with E-state index < -0.39 is 5.91 Å². The van der Waals surface area contributed by atoms with Gasteiger partial charge in [-0.15, -0.1) is 0 Å². The van der Waals surface area contributed by atoms with Gasteiger partial charge in [-0.3, -0.25) is 4.79 Å². The van der Waals surface area contributed by atoms with Gasteiger partial charge in [0.2, 0.25) is 0 Å². The highest BCUT2D eigenvalue weighted by Gasteiger charge is 2.17. The Kier molecular flexibility index (Phi) is 5.42. The van der Waals surface area contributed by atoms with Gasteiger partial charge in [0.1, 0.15) is 11.6 Å². The van der Waals surface area contributed by atoms with Crippen molar-refractivity contribution < 1.29 is 14.3 Å². The molecule has 0 aliphatic carbocycles. The molecule has 6 nitrogen and oxygen atoms in total. The van der Waals surface area contributed by atoms with Gasteiger partial charge in [-0.1, -0.05) is 0 Å². The zero-order valence-electron chi connectivity index (χ0n) is 13.8. The number of rotatable bonds is 4. The molecule has 124 valence electrons. The Morgan fingerprint density at radius 3 is 2.50 bits per heavy atom. The molecule has 0 N–H and O–H groups in total. The normalized spacial score (nSPS) is 11.1. The molecule has 2 aromatic rings. The standard InChI is InChI=1S/C17H16BrN3O3/c1-10-5-11(2)21(20-10)17(22)13(9-19)6-12-7-14(18)16(24-4)15(8-12)23-3/h5-8H,1-4H3/b13-6+. The van der Waals surface area contributed by atoms with E-state index in [0.717, 1.165) is 0 Å². The fourth-order valence-corrected chi connectivity index (χ4v) is 2.90. The van der Waals surface area contributed by atoms with Gasteiger partial charge in [0.15, 0.2) is 11.5 Å². The van der Waals surface area contributed by atoms with E-state index in [2.05, 4.69) is 21.0 Å². The molecule has 0 saturated heterocycles. The van der Waals surface area contributed by atoms with Gasteiger partial charge in [-0.2, -0.15) is 10.4 Å².